The molecule has 0 aromatic rings. The number of rotatable bonds is 13. The zero-order valence-electron chi connectivity index (χ0n) is 11.4. The Bertz CT molecular complexity index is 226. The first-order chi connectivity index (χ1) is 8.62. The highest BCUT2D eigenvalue weighted by Gasteiger charge is 2.16. The van der Waals surface area contributed by atoms with E-state index in [0.29, 0.717) is 6.61 Å². The van der Waals surface area contributed by atoms with Crippen LogP contribution in [0.3, 0.4) is 0 Å². The molecule has 0 saturated carbocycles. The minimum atomic E-state index is -3.69. The molecule has 6 heteroatoms. The van der Waals surface area contributed by atoms with E-state index in [4.69, 9.17) is 9.63 Å². The Morgan fingerprint density at radius 2 is 1.61 bits per heavy atom. The molecule has 0 aliphatic rings. The summed E-state index contributed by atoms with van der Waals surface area (Å²) in [5.41, 5.74) is 0. The maximum absolute atomic E-state index is 11.3. The highest BCUT2D eigenvalue weighted by molar-refractivity contribution is 7.50. The number of aliphatic hydroxyl groups excluding tert-OH is 1. The molecule has 0 aromatic carbocycles. The molecule has 0 aromatic heterocycles. The van der Waals surface area contributed by atoms with Crippen molar-refractivity contribution in [3.8, 4) is 0 Å². The van der Waals surface area contributed by atoms with Gasteiger partial charge in [-0.05, 0) is 6.42 Å². The summed E-state index contributed by atoms with van der Waals surface area (Å²) in [7, 11) is -3.69. The summed E-state index contributed by atoms with van der Waals surface area (Å²) in [5.74, 6) is 0. The van der Waals surface area contributed by atoms with Gasteiger partial charge in [0.15, 0.2) is 0 Å². The zero-order valence-corrected chi connectivity index (χ0v) is 12.3. The summed E-state index contributed by atoms with van der Waals surface area (Å²) >= 11 is 0. The van der Waals surface area contributed by atoms with Crippen LogP contribution in [0, 0.1) is 0 Å². The summed E-state index contributed by atoms with van der Waals surface area (Å²) < 4.78 is 16.2. The van der Waals surface area contributed by atoms with Gasteiger partial charge in [0.2, 0.25) is 0 Å². The molecule has 0 bridgehead atoms. The quantitative estimate of drug-likeness (QED) is 0.357. The van der Waals surface area contributed by atoms with E-state index in [2.05, 4.69) is 12.0 Å². The average Bonchev–Trinajstić information content (AvgIpc) is 2.34. The first-order valence-corrected chi connectivity index (χ1v) is 8.53. The van der Waals surface area contributed by atoms with Crippen molar-refractivity contribution in [2.24, 2.45) is 0 Å². The maximum atomic E-state index is 11.3. The van der Waals surface area contributed by atoms with Crippen molar-refractivity contribution in [3.05, 3.63) is 0 Å². The third-order valence-electron chi connectivity index (χ3n) is 2.69. The molecular weight excluding hydrogens is 253 g/mol. The first kappa shape index (κ1) is 18.1. The second kappa shape index (κ2) is 12.1. The van der Waals surface area contributed by atoms with E-state index in [1.807, 2.05) is 0 Å². The fraction of sp³-hybridized carbons (Fsp3) is 1.00. The van der Waals surface area contributed by atoms with Gasteiger partial charge >= 0.3 is 7.75 Å². The molecule has 0 rings (SSSR count). The van der Waals surface area contributed by atoms with Crippen molar-refractivity contribution in [2.45, 2.75) is 58.3 Å². The highest BCUT2D eigenvalue weighted by atomic mass is 31.2. The van der Waals surface area contributed by atoms with Crippen LogP contribution in [-0.2, 0) is 9.09 Å². The third kappa shape index (κ3) is 12.5. The SMILES string of the molecule is CCCCCCCCCCOP(=O)(O)NCCO. The Kier molecular flexibility index (Phi) is 12.2. The van der Waals surface area contributed by atoms with Crippen molar-refractivity contribution < 1.29 is 19.1 Å². The minimum Gasteiger partial charge on any atom is -0.395 e. The van der Waals surface area contributed by atoms with Crippen LogP contribution in [-0.4, -0.2) is 29.8 Å². The smallest absolute Gasteiger partial charge is 0.395 e. The Morgan fingerprint density at radius 1 is 1.06 bits per heavy atom. The number of aliphatic hydroxyl groups is 1. The number of hydrogen-bond acceptors (Lipinski definition) is 3. The Balaban J connectivity index is 3.26. The van der Waals surface area contributed by atoms with Crippen molar-refractivity contribution in [1.29, 1.82) is 0 Å². The molecular formula is C12H28NO4P. The molecule has 0 fully saturated rings. The summed E-state index contributed by atoms with van der Waals surface area (Å²) in [6, 6.07) is 0. The molecule has 0 amide bonds. The van der Waals surface area contributed by atoms with Crippen LogP contribution in [0.1, 0.15) is 58.3 Å². The molecule has 0 heterocycles. The molecule has 0 saturated heterocycles. The van der Waals surface area contributed by atoms with E-state index < -0.39 is 7.75 Å². The molecule has 0 aliphatic carbocycles. The fourth-order valence-electron chi connectivity index (χ4n) is 1.66. The predicted octanol–water partition coefficient (Wildman–Crippen LogP) is 2.83. The normalized spacial score (nSPS) is 14.6. The third-order valence-corrected chi connectivity index (χ3v) is 3.84. The second-order valence-electron chi connectivity index (χ2n) is 4.46. The highest BCUT2D eigenvalue weighted by Crippen LogP contribution is 2.36. The van der Waals surface area contributed by atoms with E-state index in [1.165, 1.54) is 32.1 Å². The van der Waals surface area contributed by atoms with E-state index >= 15 is 0 Å². The minimum absolute atomic E-state index is 0.0746. The predicted molar refractivity (Wildman–Crippen MR) is 73.5 cm³/mol. The number of hydrogen-bond donors (Lipinski definition) is 3. The van der Waals surface area contributed by atoms with Gasteiger partial charge in [0.1, 0.15) is 0 Å². The van der Waals surface area contributed by atoms with Gasteiger partial charge in [-0.2, -0.15) is 0 Å². The van der Waals surface area contributed by atoms with Gasteiger partial charge in [0.25, 0.3) is 0 Å². The molecule has 5 nitrogen and oxygen atoms in total. The van der Waals surface area contributed by atoms with Crippen LogP contribution in [0.5, 0.6) is 0 Å². The molecule has 18 heavy (non-hydrogen) atoms. The van der Waals surface area contributed by atoms with E-state index in [0.717, 1.165) is 19.3 Å². The number of unbranched alkanes of at least 4 members (excludes halogenated alkanes) is 7. The van der Waals surface area contributed by atoms with Crippen LogP contribution in [0.15, 0.2) is 0 Å². The largest absolute Gasteiger partial charge is 0.402 e. The van der Waals surface area contributed by atoms with Crippen LogP contribution in [0.2, 0.25) is 0 Å². The molecule has 1 unspecified atom stereocenters. The first-order valence-electron chi connectivity index (χ1n) is 6.95. The molecule has 1 atom stereocenters. The van der Waals surface area contributed by atoms with Gasteiger partial charge in [-0.15, -0.1) is 0 Å². The Morgan fingerprint density at radius 3 is 2.17 bits per heavy atom. The standard InChI is InChI=1S/C12H28NO4P/c1-2-3-4-5-6-7-8-9-12-17-18(15,16)13-10-11-14/h14H,2-12H2,1H3,(H2,13,15,16). The summed E-state index contributed by atoms with van der Waals surface area (Å²) in [6.45, 7) is 2.40. The van der Waals surface area contributed by atoms with Crippen molar-refractivity contribution in [1.82, 2.24) is 5.09 Å². The van der Waals surface area contributed by atoms with Crippen molar-refractivity contribution in [3.63, 3.8) is 0 Å². The summed E-state index contributed by atoms with van der Waals surface area (Å²) in [4.78, 5) is 9.26. The van der Waals surface area contributed by atoms with Crippen LogP contribution in [0.4, 0.5) is 0 Å². The van der Waals surface area contributed by atoms with E-state index in [-0.39, 0.29) is 13.2 Å². The zero-order chi connectivity index (χ0) is 13.7. The van der Waals surface area contributed by atoms with E-state index in [1.54, 1.807) is 0 Å². The second-order valence-corrected chi connectivity index (χ2v) is 6.08. The van der Waals surface area contributed by atoms with Gasteiger partial charge in [-0.3, -0.25) is 4.52 Å². The molecule has 3 N–H and O–H groups in total. The van der Waals surface area contributed by atoms with Gasteiger partial charge in [0, 0.05) is 6.54 Å². The van der Waals surface area contributed by atoms with Crippen molar-refractivity contribution >= 4 is 7.75 Å². The van der Waals surface area contributed by atoms with E-state index in [9.17, 15) is 9.46 Å². The van der Waals surface area contributed by atoms with Gasteiger partial charge in [-0.25, -0.2) is 9.65 Å². The Labute approximate surface area is 111 Å². The van der Waals surface area contributed by atoms with Gasteiger partial charge in [-0.1, -0.05) is 51.9 Å². The van der Waals surface area contributed by atoms with Crippen molar-refractivity contribution in [2.75, 3.05) is 19.8 Å². The fourth-order valence-corrected chi connectivity index (χ4v) is 2.51. The lowest BCUT2D eigenvalue weighted by molar-refractivity contribution is 0.235. The van der Waals surface area contributed by atoms with Crippen LogP contribution in [0.25, 0.3) is 0 Å². The monoisotopic (exact) mass is 281 g/mol. The molecule has 0 spiro atoms. The topological polar surface area (TPSA) is 78.8 Å². The molecule has 0 aliphatic heterocycles. The average molecular weight is 281 g/mol. The maximum Gasteiger partial charge on any atom is 0.402 e. The molecule has 0 radical (unpaired) electrons. The lowest BCUT2D eigenvalue weighted by atomic mass is 10.1. The summed E-state index contributed by atoms with van der Waals surface area (Å²) in [5, 5.41) is 10.8. The van der Waals surface area contributed by atoms with Crippen LogP contribution >= 0.6 is 7.75 Å². The van der Waals surface area contributed by atoms with Gasteiger partial charge in [0.05, 0.1) is 13.2 Å². The summed E-state index contributed by atoms with van der Waals surface area (Å²) in [6.07, 6.45) is 9.40. The lowest BCUT2D eigenvalue weighted by Gasteiger charge is -2.12. The molecule has 110 valence electrons. The number of nitrogens with one attached hydrogen (secondary N) is 1. The Hall–Kier alpha value is 0.0700. The van der Waals surface area contributed by atoms with Gasteiger partial charge < -0.3 is 10.00 Å². The van der Waals surface area contributed by atoms with Crippen LogP contribution < -0.4 is 5.09 Å². The lowest BCUT2D eigenvalue weighted by Crippen LogP contribution is -2.16.